The Kier molecular flexibility index (Phi) is 9.28. The molecule has 1 atom stereocenters. The maximum absolute atomic E-state index is 9.24. The van der Waals surface area contributed by atoms with Gasteiger partial charge in [-0.3, -0.25) is 4.98 Å². The average molecular weight is 503 g/mol. The largest absolute Gasteiger partial charge is 0.464 e. The number of nitrogens with zero attached hydrogens (tertiary/aromatic N) is 3. The molecule has 2 aromatic carbocycles. The summed E-state index contributed by atoms with van der Waals surface area (Å²) in [6.45, 7) is 3.35. The Balaban J connectivity index is 1.38. The van der Waals surface area contributed by atoms with Crippen LogP contribution < -0.4 is 20.7 Å². The van der Waals surface area contributed by atoms with Crippen molar-refractivity contribution in [3.8, 4) is 24.2 Å². The fourth-order valence-corrected chi connectivity index (χ4v) is 3.96. The van der Waals surface area contributed by atoms with E-state index in [1.165, 1.54) is 6.21 Å². The number of nitrogens with one attached hydrogen (secondary N) is 3. The lowest BCUT2D eigenvalue weighted by Gasteiger charge is -2.13. The first-order valence-electron chi connectivity index (χ1n) is 12.5. The highest BCUT2D eigenvalue weighted by atomic mass is 16.5. The van der Waals surface area contributed by atoms with Gasteiger partial charge in [0.05, 0.1) is 29.2 Å². The van der Waals surface area contributed by atoms with Gasteiger partial charge in [-0.15, -0.1) is 6.42 Å². The van der Waals surface area contributed by atoms with Gasteiger partial charge in [-0.2, -0.15) is 5.26 Å². The van der Waals surface area contributed by atoms with E-state index in [0.29, 0.717) is 18.7 Å². The van der Waals surface area contributed by atoms with Crippen LogP contribution in [-0.2, 0) is 6.54 Å². The zero-order chi connectivity index (χ0) is 26.6. The molecule has 0 bridgehead atoms. The number of aliphatic imine (C=N–C) groups is 1. The number of pyridine rings is 1. The number of allylic oxidation sites excluding steroid dienone is 1. The predicted molar refractivity (Wildman–Crippen MR) is 154 cm³/mol. The summed E-state index contributed by atoms with van der Waals surface area (Å²) in [7, 11) is 0. The van der Waals surface area contributed by atoms with Gasteiger partial charge < -0.3 is 20.7 Å². The van der Waals surface area contributed by atoms with E-state index in [2.05, 4.69) is 63.1 Å². The molecule has 1 aromatic heterocycles. The molecule has 1 unspecified atom stereocenters. The van der Waals surface area contributed by atoms with Crippen LogP contribution in [0.1, 0.15) is 30.9 Å². The van der Waals surface area contributed by atoms with Crippen molar-refractivity contribution in [2.24, 2.45) is 4.99 Å². The number of aromatic nitrogens is 1. The highest BCUT2D eigenvalue weighted by Gasteiger charge is 2.24. The van der Waals surface area contributed by atoms with E-state index >= 15 is 0 Å². The van der Waals surface area contributed by atoms with E-state index in [1.54, 1.807) is 18.5 Å². The average Bonchev–Trinajstić information content (AvgIpc) is 3.37. The van der Waals surface area contributed by atoms with Gasteiger partial charge in [0.15, 0.2) is 6.23 Å². The molecule has 7 nitrogen and oxygen atoms in total. The first-order valence-corrected chi connectivity index (χ1v) is 12.5. The van der Waals surface area contributed by atoms with Gasteiger partial charge in [0.2, 0.25) is 0 Å². The Morgan fingerprint density at radius 3 is 2.84 bits per heavy atom. The molecule has 1 aliphatic heterocycles. The lowest BCUT2D eigenvalue weighted by Crippen LogP contribution is -2.22. The maximum atomic E-state index is 9.24. The quantitative estimate of drug-likeness (QED) is 0.124. The van der Waals surface area contributed by atoms with Crippen molar-refractivity contribution >= 4 is 29.0 Å². The van der Waals surface area contributed by atoms with Gasteiger partial charge in [0, 0.05) is 48.5 Å². The van der Waals surface area contributed by atoms with Crippen LogP contribution in [0.2, 0.25) is 0 Å². The molecule has 0 fully saturated rings. The second-order valence-corrected chi connectivity index (χ2v) is 8.62. The first kappa shape index (κ1) is 26.2. The summed E-state index contributed by atoms with van der Waals surface area (Å²) in [5.74, 6) is 3.21. The lowest BCUT2D eigenvalue weighted by atomic mass is 10.1. The van der Waals surface area contributed by atoms with Gasteiger partial charge in [-0.05, 0) is 54.4 Å². The number of benzene rings is 2. The Hall–Kier alpha value is -4.85. The van der Waals surface area contributed by atoms with Crippen molar-refractivity contribution in [2.45, 2.75) is 32.5 Å². The van der Waals surface area contributed by atoms with E-state index in [-0.39, 0.29) is 6.23 Å². The van der Waals surface area contributed by atoms with Crippen molar-refractivity contribution in [2.75, 3.05) is 17.2 Å². The molecule has 4 rings (SSSR count). The van der Waals surface area contributed by atoms with E-state index in [1.807, 2.05) is 42.5 Å². The number of fused-ring (bicyclic) bond motifs is 1. The zero-order valence-corrected chi connectivity index (χ0v) is 21.3. The van der Waals surface area contributed by atoms with Crippen LogP contribution in [0.5, 0.6) is 5.75 Å². The van der Waals surface area contributed by atoms with Crippen molar-refractivity contribution in [3.63, 3.8) is 0 Å². The van der Waals surface area contributed by atoms with Crippen molar-refractivity contribution in [1.82, 2.24) is 10.3 Å². The number of hydrogen-bond acceptors (Lipinski definition) is 7. The van der Waals surface area contributed by atoms with E-state index in [0.717, 1.165) is 52.5 Å². The molecule has 0 saturated carbocycles. The highest BCUT2D eigenvalue weighted by molar-refractivity contribution is 5.80. The summed E-state index contributed by atoms with van der Waals surface area (Å²) >= 11 is 0. The second kappa shape index (κ2) is 13.5. The summed E-state index contributed by atoms with van der Waals surface area (Å²) in [4.78, 5) is 8.35. The Bertz CT molecular complexity index is 1410. The van der Waals surface area contributed by atoms with Gasteiger partial charge in [0.25, 0.3) is 0 Å². The second-order valence-electron chi connectivity index (χ2n) is 8.62. The number of nitriles is 1. The van der Waals surface area contributed by atoms with Gasteiger partial charge in [-0.1, -0.05) is 37.5 Å². The number of anilines is 3. The smallest absolute Gasteiger partial charge is 0.196 e. The van der Waals surface area contributed by atoms with E-state index in [9.17, 15) is 5.26 Å². The predicted octanol–water partition coefficient (Wildman–Crippen LogP) is 6.24. The third-order valence-electron chi connectivity index (χ3n) is 5.83. The minimum atomic E-state index is -0.263. The van der Waals surface area contributed by atoms with E-state index < -0.39 is 0 Å². The van der Waals surface area contributed by atoms with Gasteiger partial charge >= 0.3 is 0 Å². The summed E-state index contributed by atoms with van der Waals surface area (Å²) in [5.41, 5.74) is 6.20. The molecule has 38 heavy (non-hydrogen) atoms. The SMILES string of the molecule is C#CC=Nc1ccc(C#N)cc1CNC/C=C\C(=C/CCC)C1Nc2ccc(Nc3ccncc3)cc2O1. The summed E-state index contributed by atoms with van der Waals surface area (Å²) in [5, 5.41) is 19.5. The summed E-state index contributed by atoms with van der Waals surface area (Å²) < 4.78 is 6.28. The minimum Gasteiger partial charge on any atom is -0.464 e. The van der Waals surface area contributed by atoms with Crippen LogP contribution in [0.4, 0.5) is 22.7 Å². The molecular formula is C31H30N6O. The minimum absolute atomic E-state index is 0.263. The Morgan fingerprint density at radius 2 is 2.05 bits per heavy atom. The number of terminal acetylenes is 1. The number of rotatable bonds is 11. The molecule has 0 amide bonds. The van der Waals surface area contributed by atoms with Crippen LogP contribution in [0.25, 0.3) is 0 Å². The molecular weight excluding hydrogens is 472 g/mol. The molecule has 7 heteroatoms. The normalized spacial score (nSPS) is 14.5. The molecule has 1 aliphatic rings. The molecule has 3 aromatic rings. The third-order valence-corrected chi connectivity index (χ3v) is 5.83. The zero-order valence-electron chi connectivity index (χ0n) is 21.3. The maximum Gasteiger partial charge on any atom is 0.196 e. The fraction of sp³-hybridized carbons (Fsp3) is 0.194. The highest BCUT2D eigenvalue weighted by Crippen LogP contribution is 2.37. The topological polar surface area (TPSA) is 94.4 Å². The van der Waals surface area contributed by atoms with Crippen LogP contribution in [0, 0.1) is 23.7 Å². The number of hydrogen-bond donors (Lipinski definition) is 3. The third kappa shape index (κ3) is 7.10. The Labute approximate surface area is 224 Å². The Morgan fingerprint density at radius 1 is 1.18 bits per heavy atom. The van der Waals surface area contributed by atoms with Crippen molar-refractivity contribution in [1.29, 1.82) is 5.26 Å². The van der Waals surface area contributed by atoms with Gasteiger partial charge in [0.1, 0.15) is 5.75 Å². The van der Waals surface area contributed by atoms with E-state index in [4.69, 9.17) is 11.2 Å². The molecule has 0 saturated heterocycles. The molecule has 0 spiro atoms. The number of unbranched alkanes of at least 4 members (excludes halogenated alkanes) is 1. The van der Waals surface area contributed by atoms with Crippen LogP contribution in [0.15, 0.2) is 89.7 Å². The van der Waals surface area contributed by atoms with Crippen LogP contribution in [-0.4, -0.2) is 24.0 Å². The van der Waals surface area contributed by atoms with Crippen molar-refractivity contribution < 1.29 is 4.74 Å². The molecule has 2 heterocycles. The molecule has 190 valence electrons. The van der Waals surface area contributed by atoms with Crippen molar-refractivity contribution in [3.05, 3.63) is 95.9 Å². The first-order chi connectivity index (χ1) is 18.7. The fourth-order valence-electron chi connectivity index (χ4n) is 3.96. The number of ether oxygens (including phenoxy) is 1. The van der Waals surface area contributed by atoms with Gasteiger partial charge in [-0.25, -0.2) is 4.99 Å². The molecule has 0 radical (unpaired) electrons. The summed E-state index contributed by atoms with van der Waals surface area (Å²) in [6.07, 6.45) is 18.3. The summed E-state index contributed by atoms with van der Waals surface area (Å²) in [6, 6.07) is 17.4. The van der Waals surface area contributed by atoms with Crippen LogP contribution in [0.3, 0.4) is 0 Å². The standard InChI is InChI=1S/C31H30N6O/c1-3-5-7-24(8-6-16-34-22-25-19-23(21-32)9-11-28(25)35-15-4-2)31-37-29-12-10-27(20-30(29)38-31)36-26-13-17-33-18-14-26/h2,6-15,17-20,31,34,37H,3,5,16,22H2,1H3,(H,33,36)/b8-6-,24-7+,35-15?. The lowest BCUT2D eigenvalue weighted by molar-refractivity contribution is 0.293. The monoisotopic (exact) mass is 502 g/mol. The van der Waals surface area contributed by atoms with Crippen LogP contribution >= 0.6 is 0 Å². The molecule has 3 N–H and O–H groups in total. The molecule has 0 aliphatic carbocycles.